The molecule has 0 spiro atoms. The largest absolute Gasteiger partial charge is 0.335 e. The Morgan fingerprint density at radius 1 is 1.33 bits per heavy atom. The van der Waals surface area contributed by atoms with E-state index in [2.05, 4.69) is 15.9 Å². The fourth-order valence-corrected chi connectivity index (χ4v) is 2.78. The third-order valence-electron chi connectivity index (χ3n) is 3.05. The molecule has 1 aliphatic rings. The van der Waals surface area contributed by atoms with Crippen molar-refractivity contribution in [3.05, 3.63) is 35.1 Å². The molecule has 1 aliphatic heterocycles. The van der Waals surface area contributed by atoms with E-state index in [1.807, 2.05) is 0 Å². The van der Waals surface area contributed by atoms with E-state index in [9.17, 15) is 18.0 Å². The third-order valence-corrected chi connectivity index (χ3v) is 3.79. The summed E-state index contributed by atoms with van der Waals surface area (Å²) < 4.78 is 39.0. The highest BCUT2D eigenvalue weighted by atomic mass is 79.9. The summed E-state index contributed by atoms with van der Waals surface area (Å²) in [6, 6.07) is 1.50. The van der Waals surface area contributed by atoms with Gasteiger partial charge in [0.05, 0.1) is 0 Å². The molecule has 2 nitrogen and oxygen atoms in total. The first-order valence-electron chi connectivity index (χ1n) is 5.56. The van der Waals surface area contributed by atoms with E-state index in [4.69, 9.17) is 0 Å². The van der Waals surface area contributed by atoms with E-state index >= 15 is 0 Å². The van der Waals surface area contributed by atoms with Crippen LogP contribution in [0.5, 0.6) is 0 Å². The molecule has 1 amide bonds. The van der Waals surface area contributed by atoms with Gasteiger partial charge >= 0.3 is 0 Å². The van der Waals surface area contributed by atoms with Gasteiger partial charge in [-0.15, -0.1) is 0 Å². The van der Waals surface area contributed by atoms with Gasteiger partial charge in [0, 0.05) is 23.5 Å². The maximum absolute atomic E-state index is 13.1. The van der Waals surface area contributed by atoms with Crippen LogP contribution in [-0.4, -0.2) is 28.7 Å². The first-order chi connectivity index (χ1) is 8.54. The normalized spacial score (nSPS) is 19.3. The second kappa shape index (κ2) is 5.30. The zero-order valence-electron chi connectivity index (χ0n) is 9.43. The van der Waals surface area contributed by atoms with E-state index < -0.39 is 23.4 Å². The molecular formula is C12H11BrF3NO. The van der Waals surface area contributed by atoms with E-state index in [0.717, 1.165) is 25.0 Å². The van der Waals surface area contributed by atoms with Gasteiger partial charge in [-0.3, -0.25) is 4.79 Å². The molecule has 1 atom stereocenters. The van der Waals surface area contributed by atoms with E-state index in [1.54, 1.807) is 4.90 Å². The molecule has 0 saturated carbocycles. The lowest BCUT2D eigenvalue weighted by molar-refractivity contribution is 0.0749. The smallest absolute Gasteiger partial charge is 0.254 e. The van der Waals surface area contributed by atoms with Gasteiger partial charge in [0.2, 0.25) is 0 Å². The molecule has 0 bridgehead atoms. The summed E-state index contributed by atoms with van der Waals surface area (Å²) in [4.78, 5) is 13.6. The number of halogens is 4. The lowest BCUT2D eigenvalue weighted by Gasteiger charge is -2.23. The highest BCUT2D eigenvalue weighted by Crippen LogP contribution is 2.23. The minimum atomic E-state index is -1.55. The minimum absolute atomic E-state index is 0.0219. The zero-order chi connectivity index (χ0) is 13.3. The van der Waals surface area contributed by atoms with Crippen LogP contribution in [0.4, 0.5) is 13.2 Å². The number of carbonyl (C=O) groups is 1. The summed E-state index contributed by atoms with van der Waals surface area (Å²) in [6.07, 6.45) is 1.71. The van der Waals surface area contributed by atoms with Crippen LogP contribution in [0.2, 0.25) is 0 Å². The number of nitrogens with zero attached hydrogens (tertiary/aromatic N) is 1. The number of rotatable bonds is 2. The maximum atomic E-state index is 13.1. The van der Waals surface area contributed by atoms with Crippen molar-refractivity contribution in [2.75, 3.05) is 11.9 Å². The first kappa shape index (κ1) is 13.4. The Bertz CT molecular complexity index is 457. The molecule has 1 heterocycles. The molecular weight excluding hydrogens is 311 g/mol. The SMILES string of the molecule is O=C(c1cc(F)c(F)c(F)c1)N1CCCC1CBr. The number of carbonyl (C=O) groups excluding carboxylic acids is 1. The number of hydrogen-bond acceptors (Lipinski definition) is 1. The molecule has 0 radical (unpaired) electrons. The minimum Gasteiger partial charge on any atom is -0.335 e. The number of alkyl halides is 1. The van der Waals surface area contributed by atoms with Crippen LogP contribution in [-0.2, 0) is 0 Å². The summed E-state index contributed by atoms with van der Waals surface area (Å²) in [6.45, 7) is 0.551. The van der Waals surface area contributed by atoms with Crippen LogP contribution >= 0.6 is 15.9 Å². The van der Waals surface area contributed by atoms with Crippen LogP contribution in [0.25, 0.3) is 0 Å². The first-order valence-corrected chi connectivity index (χ1v) is 6.68. The molecule has 2 rings (SSSR count). The fourth-order valence-electron chi connectivity index (χ4n) is 2.11. The average molecular weight is 322 g/mol. The standard InChI is InChI=1S/C12H11BrF3NO/c13-6-8-2-1-3-17(8)12(18)7-4-9(14)11(16)10(15)5-7/h4-5,8H,1-3,6H2. The molecule has 1 aromatic carbocycles. The van der Waals surface area contributed by atoms with Crippen molar-refractivity contribution >= 4 is 21.8 Å². The number of benzene rings is 1. The summed E-state index contributed by atoms with van der Waals surface area (Å²) >= 11 is 3.30. The molecule has 1 saturated heterocycles. The fraction of sp³-hybridized carbons (Fsp3) is 0.417. The van der Waals surface area contributed by atoms with E-state index in [0.29, 0.717) is 11.9 Å². The van der Waals surface area contributed by atoms with Crippen molar-refractivity contribution < 1.29 is 18.0 Å². The predicted molar refractivity (Wildman–Crippen MR) is 64.2 cm³/mol. The predicted octanol–water partition coefficient (Wildman–Crippen LogP) is 3.10. The van der Waals surface area contributed by atoms with Gasteiger partial charge in [0.1, 0.15) is 0 Å². The lowest BCUT2D eigenvalue weighted by atomic mass is 10.1. The number of amides is 1. The van der Waals surface area contributed by atoms with Gasteiger partial charge in [-0.05, 0) is 25.0 Å². The topological polar surface area (TPSA) is 20.3 Å². The van der Waals surface area contributed by atoms with Gasteiger partial charge in [-0.1, -0.05) is 15.9 Å². The molecule has 98 valence electrons. The Hall–Kier alpha value is -1.04. The van der Waals surface area contributed by atoms with Crippen molar-refractivity contribution in [1.29, 1.82) is 0 Å². The molecule has 1 aromatic rings. The molecule has 18 heavy (non-hydrogen) atoms. The van der Waals surface area contributed by atoms with E-state index in [1.165, 1.54) is 0 Å². The quantitative estimate of drug-likeness (QED) is 0.605. The highest BCUT2D eigenvalue weighted by molar-refractivity contribution is 9.09. The Balaban J connectivity index is 2.29. The monoisotopic (exact) mass is 321 g/mol. The van der Waals surface area contributed by atoms with Crippen molar-refractivity contribution in [2.45, 2.75) is 18.9 Å². The van der Waals surface area contributed by atoms with Crippen molar-refractivity contribution in [1.82, 2.24) is 4.90 Å². The summed E-state index contributed by atoms with van der Waals surface area (Å²) in [7, 11) is 0. The Labute approximate surface area is 111 Å². The van der Waals surface area contributed by atoms with Gasteiger partial charge in [0.15, 0.2) is 17.5 Å². The van der Waals surface area contributed by atoms with E-state index in [-0.39, 0.29) is 11.6 Å². The number of likely N-dealkylation sites (tertiary alicyclic amines) is 1. The van der Waals surface area contributed by atoms with Gasteiger partial charge < -0.3 is 4.90 Å². The Morgan fingerprint density at radius 3 is 2.50 bits per heavy atom. The second-order valence-electron chi connectivity index (χ2n) is 4.20. The molecule has 6 heteroatoms. The lowest BCUT2D eigenvalue weighted by Crippen LogP contribution is -2.36. The Kier molecular flexibility index (Phi) is 3.94. The van der Waals surface area contributed by atoms with Gasteiger partial charge in [0.25, 0.3) is 5.91 Å². The third kappa shape index (κ3) is 2.39. The summed E-state index contributed by atoms with van der Waals surface area (Å²) in [5.41, 5.74) is -0.153. The summed E-state index contributed by atoms with van der Waals surface area (Å²) in [5, 5.41) is 0.616. The molecule has 0 aliphatic carbocycles. The zero-order valence-corrected chi connectivity index (χ0v) is 11.0. The van der Waals surface area contributed by atoms with Crippen molar-refractivity contribution in [3.8, 4) is 0 Å². The molecule has 0 N–H and O–H groups in total. The maximum Gasteiger partial charge on any atom is 0.254 e. The number of hydrogen-bond donors (Lipinski definition) is 0. The Morgan fingerprint density at radius 2 is 1.94 bits per heavy atom. The van der Waals surface area contributed by atoms with Crippen LogP contribution in [0.1, 0.15) is 23.2 Å². The van der Waals surface area contributed by atoms with Crippen LogP contribution < -0.4 is 0 Å². The molecule has 0 aromatic heterocycles. The van der Waals surface area contributed by atoms with Gasteiger partial charge in [-0.2, -0.15) is 0 Å². The molecule has 1 fully saturated rings. The van der Waals surface area contributed by atoms with Crippen LogP contribution in [0.3, 0.4) is 0 Å². The average Bonchev–Trinajstić information content (AvgIpc) is 2.82. The van der Waals surface area contributed by atoms with Crippen LogP contribution in [0.15, 0.2) is 12.1 Å². The summed E-state index contributed by atoms with van der Waals surface area (Å²) in [5.74, 6) is -4.69. The van der Waals surface area contributed by atoms with Crippen molar-refractivity contribution in [3.63, 3.8) is 0 Å². The van der Waals surface area contributed by atoms with Gasteiger partial charge in [-0.25, -0.2) is 13.2 Å². The van der Waals surface area contributed by atoms with Crippen LogP contribution in [0, 0.1) is 17.5 Å². The highest BCUT2D eigenvalue weighted by Gasteiger charge is 2.29. The van der Waals surface area contributed by atoms with Crippen molar-refractivity contribution in [2.24, 2.45) is 0 Å². The second-order valence-corrected chi connectivity index (χ2v) is 4.85. The molecule has 1 unspecified atom stereocenters.